The molecule has 0 aromatic carbocycles. The van der Waals surface area contributed by atoms with E-state index in [-0.39, 0.29) is 11.2 Å². The molecular weight excluding hydrogens is 190 g/mol. The van der Waals surface area contributed by atoms with Crippen molar-refractivity contribution >= 4 is 5.78 Å². The van der Waals surface area contributed by atoms with Crippen molar-refractivity contribution in [3.8, 4) is 0 Å². The Morgan fingerprint density at radius 1 is 1.40 bits per heavy atom. The Hall–Kier alpha value is -0.410. The fraction of sp³-hybridized carbons (Fsp3) is 0.917. The van der Waals surface area contributed by atoms with Gasteiger partial charge in [0.05, 0.1) is 0 Å². The van der Waals surface area contributed by atoms with Crippen LogP contribution in [0.2, 0.25) is 0 Å². The van der Waals surface area contributed by atoms with E-state index in [1.54, 1.807) is 6.92 Å². The summed E-state index contributed by atoms with van der Waals surface area (Å²) < 4.78 is 0. The van der Waals surface area contributed by atoms with Crippen molar-refractivity contribution in [2.45, 2.75) is 39.5 Å². The van der Waals surface area contributed by atoms with Gasteiger partial charge in [-0.3, -0.25) is 4.79 Å². The Kier molecular flexibility index (Phi) is 4.74. The molecule has 0 spiro atoms. The van der Waals surface area contributed by atoms with Crippen LogP contribution in [0.25, 0.3) is 0 Å². The Morgan fingerprint density at radius 3 is 2.40 bits per heavy atom. The normalized spacial score (nSPS) is 21.5. The van der Waals surface area contributed by atoms with Gasteiger partial charge in [-0.2, -0.15) is 0 Å². The van der Waals surface area contributed by atoms with E-state index in [0.29, 0.717) is 13.0 Å². The summed E-state index contributed by atoms with van der Waals surface area (Å²) in [5, 5.41) is 9.37. The molecular formula is C12H23NO2. The monoisotopic (exact) mass is 213 g/mol. The Balaban J connectivity index is 2.31. The maximum atomic E-state index is 10.9. The van der Waals surface area contributed by atoms with Gasteiger partial charge in [0.25, 0.3) is 0 Å². The SMILES string of the molecule is CCC1(CO)CCN(CCC(C)=O)CC1. The van der Waals surface area contributed by atoms with E-state index in [9.17, 15) is 9.90 Å². The van der Waals surface area contributed by atoms with Gasteiger partial charge >= 0.3 is 0 Å². The first-order chi connectivity index (χ1) is 7.12. The largest absolute Gasteiger partial charge is 0.396 e. The van der Waals surface area contributed by atoms with Crippen LogP contribution in [0.1, 0.15) is 39.5 Å². The van der Waals surface area contributed by atoms with Gasteiger partial charge in [0.2, 0.25) is 0 Å². The molecule has 0 atom stereocenters. The zero-order valence-corrected chi connectivity index (χ0v) is 9.96. The third-order valence-corrected chi connectivity index (χ3v) is 3.78. The van der Waals surface area contributed by atoms with Gasteiger partial charge in [0.15, 0.2) is 0 Å². The summed E-state index contributed by atoms with van der Waals surface area (Å²) >= 11 is 0. The predicted octanol–water partition coefficient (Wildman–Crippen LogP) is 1.45. The third kappa shape index (κ3) is 3.58. The quantitative estimate of drug-likeness (QED) is 0.751. The molecule has 1 saturated heterocycles. The number of nitrogens with zero attached hydrogens (tertiary/aromatic N) is 1. The number of carbonyl (C=O) groups excluding carboxylic acids is 1. The lowest BCUT2D eigenvalue weighted by molar-refractivity contribution is -0.117. The van der Waals surface area contributed by atoms with E-state index >= 15 is 0 Å². The van der Waals surface area contributed by atoms with Crippen LogP contribution in [0.4, 0.5) is 0 Å². The highest BCUT2D eigenvalue weighted by Crippen LogP contribution is 2.34. The molecule has 1 aliphatic heterocycles. The summed E-state index contributed by atoms with van der Waals surface area (Å²) in [4.78, 5) is 13.2. The number of hydrogen-bond acceptors (Lipinski definition) is 3. The molecule has 0 unspecified atom stereocenters. The molecule has 0 amide bonds. The number of hydrogen-bond donors (Lipinski definition) is 1. The van der Waals surface area contributed by atoms with Crippen LogP contribution in [0.3, 0.4) is 0 Å². The summed E-state index contributed by atoms with van der Waals surface area (Å²) in [5.41, 5.74) is 0.159. The minimum Gasteiger partial charge on any atom is -0.396 e. The fourth-order valence-corrected chi connectivity index (χ4v) is 2.19. The minimum atomic E-state index is 0.159. The molecule has 1 aliphatic rings. The molecule has 1 rings (SSSR count). The van der Waals surface area contributed by atoms with Crippen LogP contribution < -0.4 is 0 Å². The molecule has 3 nitrogen and oxygen atoms in total. The number of Topliss-reactive ketones (excluding diaryl/α,β-unsaturated/α-hetero) is 1. The van der Waals surface area contributed by atoms with Crippen LogP contribution in [0.5, 0.6) is 0 Å². The lowest BCUT2D eigenvalue weighted by Gasteiger charge is -2.40. The standard InChI is InChI=1S/C12H23NO2/c1-3-12(10-14)5-8-13(9-6-12)7-4-11(2)15/h14H,3-10H2,1-2H3. The lowest BCUT2D eigenvalue weighted by Crippen LogP contribution is -2.42. The number of ketones is 1. The van der Waals surface area contributed by atoms with Crippen molar-refractivity contribution in [2.75, 3.05) is 26.2 Å². The smallest absolute Gasteiger partial charge is 0.131 e. The van der Waals surface area contributed by atoms with E-state index < -0.39 is 0 Å². The minimum absolute atomic E-state index is 0.159. The average Bonchev–Trinajstić information content (AvgIpc) is 2.27. The number of piperidine rings is 1. The van der Waals surface area contributed by atoms with Crippen molar-refractivity contribution in [1.29, 1.82) is 0 Å². The second kappa shape index (κ2) is 5.61. The molecule has 0 saturated carbocycles. The van der Waals surface area contributed by atoms with E-state index in [2.05, 4.69) is 11.8 Å². The van der Waals surface area contributed by atoms with Gasteiger partial charge in [0.1, 0.15) is 5.78 Å². The maximum absolute atomic E-state index is 10.9. The van der Waals surface area contributed by atoms with E-state index in [4.69, 9.17) is 0 Å². The highest BCUT2D eigenvalue weighted by atomic mass is 16.3. The highest BCUT2D eigenvalue weighted by molar-refractivity contribution is 5.75. The number of aliphatic hydroxyl groups excluding tert-OH is 1. The van der Waals surface area contributed by atoms with Gasteiger partial charge in [-0.25, -0.2) is 0 Å². The van der Waals surface area contributed by atoms with Crippen molar-refractivity contribution in [3.63, 3.8) is 0 Å². The first-order valence-electron chi connectivity index (χ1n) is 5.94. The van der Waals surface area contributed by atoms with E-state index in [1.807, 2.05) is 0 Å². The molecule has 0 aromatic rings. The van der Waals surface area contributed by atoms with Crippen LogP contribution in [0.15, 0.2) is 0 Å². The van der Waals surface area contributed by atoms with Crippen LogP contribution in [-0.2, 0) is 4.79 Å². The van der Waals surface area contributed by atoms with Crippen molar-refractivity contribution in [2.24, 2.45) is 5.41 Å². The summed E-state index contributed by atoms with van der Waals surface area (Å²) in [6.45, 7) is 7.06. The zero-order valence-electron chi connectivity index (χ0n) is 9.96. The second-order valence-corrected chi connectivity index (χ2v) is 4.81. The van der Waals surface area contributed by atoms with Crippen LogP contribution >= 0.6 is 0 Å². The number of carbonyl (C=O) groups is 1. The average molecular weight is 213 g/mol. The molecule has 0 aliphatic carbocycles. The van der Waals surface area contributed by atoms with Gasteiger partial charge in [-0.05, 0) is 44.7 Å². The second-order valence-electron chi connectivity index (χ2n) is 4.81. The molecule has 88 valence electrons. The highest BCUT2D eigenvalue weighted by Gasteiger charge is 2.31. The topological polar surface area (TPSA) is 40.5 Å². The molecule has 1 heterocycles. The first-order valence-corrected chi connectivity index (χ1v) is 5.94. The zero-order chi connectivity index (χ0) is 11.3. The molecule has 0 radical (unpaired) electrons. The Bertz CT molecular complexity index is 202. The van der Waals surface area contributed by atoms with Crippen molar-refractivity contribution in [1.82, 2.24) is 4.90 Å². The van der Waals surface area contributed by atoms with Gasteiger partial charge < -0.3 is 10.0 Å². The Labute approximate surface area is 92.5 Å². The molecule has 1 N–H and O–H groups in total. The van der Waals surface area contributed by atoms with Crippen LogP contribution in [0, 0.1) is 5.41 Å². The van der Waals surface area contributed by atoms with Gasteiger partial charge in [0, 0.05) is 19.6 Å². The lowest BCUT2D eigenvalue weighted by atomic mass is 9.77. The first kappa shape index (κ1) is 12.7. The summed E-state index contributed by atoms with van der Waals surface area (Å²) in [6, 6.07) is 0. The van der Waals surface area contributed by atoms with Gasteiger partial charge in [-0.1, -0.05) is 6.92 Å². The van der Waals surface area contributed by atoms with Crippen molar-refractivity contribution < 1.29 is 9.90 Å². The molecule has 3 heteroatoms. The predicted molar refractivity (Wildman–Crippen MR) is 60.8 cm³/mol. The molecule has 15 heavy (non-hydrogen) atoms. The summed E-state index contributed by atoms with van der Waals surface area (Å²) in [7, 11) is 0. The summed E-state index contributed by atoms with van der Waals surface area (Å²) in [5.74, 6) is 0.268. The van der Waals surface area contributed by atoms with Gasteiger partial charge in [-0.15, -0.1) is 0 Å². The number of likely N-dealkylation sites (tertiary alicyclic amines) is 1. The Morgan fingerprint density at radius 2 is 2.00 bits per heavy atom. The number of aliphatic hydroxyl groups is 1. The van der Waals surface area contributed by atoms with E-state index in [0.717, 1.165) is 38.9 Å². The molecule has 0 aromatic heterocycles. The fourth-order valence-electron chi connectivity index (χ4n) is 2.19. The number of rotatable bonds is 5. The van der Waals surface area contributed by atoms with Crippen molar-refractivity contribution in [3.05, 3.63) is 0 Å². The maximum Gasteiger partial charge on any atom is 0.131 e. The molecule has 0 bridgehead atoms. The van der Waals surface area contributed by atoms with E-state index in [1.165, 1.54) is 0 Å². The van der Waals surface area contributed by atoms with Crippen LogP contribution in [-0.4, -0.2) is 42.0 Å². The summed E-state index contributed by atoms with van der Waals surface area (Å²) in [6.07, 6.45) is 3.86. The molecule has 1 fully saturated rings. The third-order valence-electron chi connectivity index (χ3n) is 3.78.